The van der Waals surface area contributed by atoms with Gasteiger partial charge < -0.3 is 21.1 Å². The molecule has 0 spiro atoms. The Morgan fingerprint density at radius 3 is 2.58 bits per heavy atom. The maximum absolute atomic E-state index is 11.4. The number of nitrogens with zero attached hydrogens (tertiary/aromatic N) is 2. The maximum Gasteiger partial charge on any atom is 0.233 e. The molecule has 144 valence electrons. The first-order valence-electron chi connectivity index (χ1n) is 9.28. The third kappa shape index (κ3) is 6.92. The number of phenols is 1. The molecule has 0 bridgehead atoms. The van der Waals surface area contributed by atoms with Gasteiger partial charge in [-0.2, -0.15) is 0 Å². The zero-order chi connectivity index (χ0) is 18.8. The number of aryl methyl sites for hydroxylation is 1. The van der Waals surface area contributed by atoms with Crippen LogP contribution in [0.3, 0.4) is 0 Å². The molecule has 1 aromatic carbocycles. The highest BCUT2D eigenvalue weighted by Crippen LogP contribution is 2.11. The number of benzene rings is 1. The molecule has 1 heterocycles. The number of carbonyl (C=O) groups is 1. The summed E-state index contributed by atoms with van der Waals surface area (Å²) in [6.07, 6.45) is 3.97. The molecule has 1 amide bonds. The second kappa shape index (κ2) is 10.7. The average molecular weight is 361 g/mol. The van der Waals surface area contributed by atoms with Crippen LogP contribution in [0.25, 0.3) is 0 Å². The third-order valence-electron chi connectivity index (χ3n) is 4.67. The molecule has 1 saturated heterocycles. The molecule has 1 aromatic rings. The van der Waals surface area contributed by atoms with Crippen LogP contribution >= 0.6 is 0 Å². The summed E-state index contributed by atoms with van der Waals surface area (Å²) < 4.78 is 0. The van der Waals surface area contributed by atoms with Gasteiger partial charge >= 0.3 is 0 Å². The largest absolute Gasteiger partial charge is 0.508 e. The second-order valence-corrected chi connectivity index (χ2v) is 6.64. The van der Waals surface area contributed by atoms with E-state index in [-0.39, 0.29) is 5.91 Å². The van der Waals surface area contributed by atoms with Gasteiger partial charge in [0.1, 0.15) is 5.75 Å². The number of likely N-dealkylation sites (tertiary alicyclic amines) is 1. The topological polar surface area (TPSA) is 89.0 Å². The van der Waals surface area contributed by atoms with Crippen LogP contribution < -0.4 is 16.0 Å². The first kappa shape index (κ1) is 20.0. The van der Waals surface area contributed by atoms with E-state index in [1.807, 2.05) is 12.1 Å². The minimum atomic E-state index is 0.0718. The molecule has 0 unspecified atom stereocenters. The first-order chi connectivity index (χ1) is 12.6. The Morgan fingerprint density at radius 1 is 1.27 bits per heavy atom. The first-order valence-corrected chi connectivity index (χ1v) is 9.28. The van der Waals surface area contributed by atoms with Crippen molar-refractivity contribution in [2.75, 3.05) is 40.3 Å². The smallest absolute Gasteiger partial charge is 0.233 e. The Labute approximate surface area is 155 Å². The third-order valence-corrected chi connectivity index (χ3v) is 4.67. The van der Waals surface area contributed by atoms with E-state index < -0.39 is 0 Å². The number of aliphatic imine (C=N–C) groups is 1. The summed E-state index contributed by atoms with van der Waals surface area (Å²) in [5.41, 5.74) is 1.22. The number of aromatic hydroxyl groups is 1. The van der Waals surface area contributed by atoms with E-state index in [0.29, 0.717) is 18.3 Å². The molecule has 0 aromatic heterocycles. The number of hydrogen-bond donors (Lipinski definition) is 4. The summed E-state index contributed by atoms with van der Waals surface area (Å²) in [5, 5.41) is 18.8. The van der Waals surface area contributed by atoms with Crippen LogP contribution in [0.5, 0.6) is 5.75 Å². The minimum Gasteiger partial charge on any atom is -0.508 e. The Morgan fingerprint density at radius 2 is 1.96 bits per heavy atom. The van der Waals surface area contributed by atoms with Gasteiger partial charge in [0.25, 0.3) is 0 Å². The van der Waals surface area contributed by atoms with Gasteiger partial charge in [0, 0.05) is 39.8 Å². The van der Waals surface area contributed by atoms with Crippen LogP contribution in [-0.2, 0) is 11.2 Å². The Kier molecular flexibility index (Phi) is 8.21. The van der Waals surface area contributed by atoms with Crippen LogP contribution in [0.1, 0.15) is 24.8 Å². The maximum atomic E-state index is 11.4. The number of piperidine rings is 1. The highest BCUT2D eigenvalue weighted by atomic mass is 16.3. The predicted molar refractivity (Wildman–Crippen MR) is 104 cm³/mol. The highest BCUT2D eigenvalue weighted by molar-refractivity contribution is 5.80. The number of hydrogen-bond acceptors (Lipinski definition) is 4. The summed E-state index contributed by atoms with van der Waals surface area (Å²) in [6.45, 7) is 3.16. The van der Waals surface area contributed by atoms with Gasteiger partial charge in [0.2, 0.25) is 5.91 Å². The molecule has 0 radical (unpaired) electrons. The number of rotatable bonds is 7. The number of likely N-dealkylation sites (N-methyl/N-ethyl adjacent to an activating group) is 1. The Bertz CT molecular complexity index is 580. The fourth-order valence-electron chi connectivity index (χ4n) is 3.07. The lowest BCUT2D eigenvalue weighted by Crippen LogP contribution is -2.50. The summed E-state index contributed by atoms with van der Waals surface area (Å²) in [6, 6.07) is 7.74. The molecule has 4 N–H and O–H groups in total. The van der Waals surface area contributed by atoms with E-state index in [4.69, 9.17) is 0 Å². The van der Waals surface area contributed by atoms with E-state index in [1.54, 1.807) is 26.2 Å². The monoisotopic (exact) mass is 361 g/mol. The quantitative estimate of drug-likeness (QED) is 0.326. The van der Waals surface area contributed by atoms with Crippen LogP contribution in [0.4, 0.5) is 0 Å². The zero-order valence-electron chi connectivity index (χ0n) is 15.8. The molecular weight excluding hydrogens is 330 g/mol. The van der Waals surface area contributed by atoms with Crippen molar-refractivity contribution in [1.82, 2.24) is 20.9 Å². The zero-order valence-corrected chi connectivity index (χ0v) is 15.8. The molecule has 1 aliphatic heterocycles. The summed E-state index contributed by atoms with van der Waals surface area (Å²) in [5.74, 6) is 1.21. The van der Waals surface area contributed by atoms with Crippen molar-refractivity contribution >= 4 is 11.9 Å². The van der Waals surface area contributed by atoms with Crippen LogP contribution in [-0.4, -0.2) is 68.2 Å². The number of guanidine groups is 1. The van der Waals surface area contributed by atoms with E-state index in [2.05, 4.69) is 25.8 Å². The van der Waals surface area contributed by atoms with Crippen molar-refractivity contribution < 1.29 is 9.90 Å². The molecular formula is C19H31N5O2. The van der Waals surface area contributed by atoms with Crippen LogP contribution in [0.15, 0.2) is 29.3 Å². The van der Waals surface area contributed by atoms with Gasteiger partial charge in [-0.25, -0.2) is 0 Å². The molecule has 1 aliphatic rings. The van der Waals surface area contributed by atoms with Crippen molar-refractivity contribution in [1.29, 1.82) is 0 Å². The normalized spacial score (nSPS) is 16.3. The van der Waals surface area contributed by atoms with Crippen LogP contribution in [0, 0.1) is 0 Å². The van der Waals surface area contributed by atoms with Crippen molar-refractivity contribution in [2.24, 2.45) is 4.99 Å². The van der Waals surface area contributed by atoms with Gasteiger partial charge in [-0.1, -0.05) is 12.1 Å². The summed E-state index contributed by atoms with van der Waals surface area (Å²) in [7, 11) is 3.46. The number of nitrogens with one attached hydrogen (secondary N) is 3. The molecule has 0 atom stereocenters. The average Bonchev–Trinajstić information content (AvgIpc) is 2.66. The van der Waals surface area contributed by atoms with Gasteiger partial charge in [0.05, 0.1) is 6.54 Å². The fraction of sp³-hybridized carbons (Fsp3) is 0.579. The van der Waals surface area contributed by atoms with Crippen molar-refractivity contribution in [3.8, 4) is 5.75 Å². The molecule has 7 nitrogen and oxygen atoms in total. The van der Waals surface area contributed by atoms with E-state index in [9.17, 15) is 9.90 Å². The number of amides is 1. The van der Waals surface area contributed by atoms with Crippen LogP contribution in [0.2, 0.25) is 0 Å². The molecule has 0 aliphatic carbocycles. The lowest BCUT2D eigenvalue weighted by atomic mass is 10.1. The number of carbonyl (C=O) groups excluding carboxylic acids is 1. The molecule has 26 heavy (non-hydrogen) atoms. The molecule has 2 rings (SSSR count). The fourth-order valence-corrected chi connectivity index (χ4v) is 3.07. The summed E-state index contributed by atoms with van der Waals surface area (Å²) >= 11 is 0. The Balaban J connectivity index is 1.63. The Hall–Kier alpha value is -2.28. The van der Waals surface area contributed by atoms with Crippen molar-refractivity contribution in [2.45, 2.75) is 31.7 Å². The van der Waals surface area contributed by atoms with E-state index >= 15 is 0 Å². The second-order valence-electron chi connectivity index (χ2n) is 6.64. The lowest BCUT2D eigenvalue weighted by Gasteiger charge is -2.32. The van der Waals surface area contributed by atoms with Gasteiger partial charge in [-0.15, -0.1) is 0 Å². The summed E-state index contributed by atoms with van der Waals surface area (Å²) in [4.78, 5) is 17.9. The lowest BCUT2D eigenvalue weighted by molar-refractivity contribution is -0.122. The van der Waals surface area contributed by atoms with Gasteiger partial charge in [0.15, 0.2) is 5.96 Å². The van der Waals surface area contributed by atoms with Crippen molar-refractivity contribution in [3.05, 3.63) is 29.8 Å². The predicted octanol–water partition coefficient (Wildman–Crippen LogP) is 0.700. The molecule has 7 heteroatoms. The molecule has 0 saturated carbocycles. The van der Waals surface area contributed by atoms with Gasteiger partial charge in [-0.05, 0) is 43.4 Å². The minimum absolute atomic E-state index is 0.0718. The van der Waals surface area contributed by atoms with Crippen molar-refractivity contribution in [3.63, 3.8) is 0 Å². The SMILES string of the molecule is CN=C(NCCCc1ccc(O)cc1)NC1CCN(CC(=O)NC)CC1. The number of phenolic OH excluding ortho intramolecular Hbond substituents is 1. The molecule has 1 fully saturated rings. The van der Waals surface area contributed by atoms with E-state index in [1.165, 1.54) is 5.56 Å². The van der Waals surface area contributed by atoms with Gasteiger partial charge in [-0.3, -0.25) is 14.7 Å². The highest BCUT2D eigenvalue weighted by Gasteiger charge is 2.21. The van der Waals surface area contributed by atoms with E-state index in [0.717, 1.165) is 51.3 Å². The standard InChI is InChI=1S/C19H31N5O2/c1-20-18(26)14-24-12-9-16(10-13-24)23-19(21-2)22-11-3-4-15-5-7-17(25)8-6-15/h5-8,16,25H,3-4,9-14H2,1-2H3,(H,20,26)(H2,21,22,23).